The van der Waals surface area contributed by atoms with Gasteiger partial charge in [0.1, 0.15) is 0 Å². The first kappa shape index (κ1) is 20.6. The minimum absolute atomic E-state index is 0.204. The number of sulfonamides is 1. The first-order chi connectivity index (χ1) is 14.5. The molecule has 0 spiro atoms. The van der Waals surface area contributed by atoms with Crippen LogP contribution in [0.3, 0.4) is 0 Å². The Hall–Kier alpha value is -2.63. The van der Waals surface area contributed by atoms with Gasteiger partial charge in [-0.25, -0.2) is 8.42 Å². The van der Waals surface area contributed by atoms with Gasteiger partial charge in [0.15, 0.2) is 0 Å². The van der Waals surface area contributed by atoms with Crippen LogP contribution < -0.4 is 5.32 Å². The Morgan fingerprint density at radius 1 is 1.10 bits per heavy atom. The topological polar surface area (TPSA) is 49.4 Å². The number of nitrogens with one attached hydrogen (secondary N) is 1. The third-order valence-corrected chi connectivity index (χ3v) is 7.90. The molecule has 0 radical (unpaired) electrons. The van der Waals surface area contributed by atoms with E-state index in [1.807, 2.05) is 12.1 Å². The van der Waals surface area contributed by atoms with Gasteiger partial charge in [0.2, 0.25) is 10.0 Å². The first-order valence-electron chi connectivity index (χ1n) is 10.3. The normalized spacial score (nSPS) is 22.3. The average Bonchev–Trinajstić information content (AvgIpc) is 3.23. The van der Waals surface area contributed by atoms with Crippen LogP contribution in [0.4, 0.5) is 5.69 Å². The summed E-state index contributed by atoms with van der Waals surface area (Å²) in [6.07, 6.45) is 8.63. The summed E-state index contributed by atoms with van der Waals surface area (Å²) in [7, 11) is -3.62. The molecule has 1 N–H and O–H groups in total. The lowest BCUT2D eigenvalue weighted by Gasteiger charge is -2.38. The highest BCUT2D eigenvalue weighted by Gasteiger charge is 2.38. The van der Waals surface area contributed by atoms with Gasteiger partial charge in [-0.15, -0.1) is 13.2 Å². The van der Waals surface area contributed by atoms with E-state index in [4.69, 9.17) is 0 Å². The molecule has 0 saturated heterocycles. The molecular weight excluding hydrogens is 392 g/mol. The summed E-state index contributed by atoms with van der Waals surface area (Å²) in [4.78, 5) is 0.319. The molecule has 2 aliphatic rings. The molecule has 3 unspecified atom stereocenters. The van der Waals surface area contributed by atoms with E-state index in [2.05, 4.69) is 61.8 Å². The van der Waals surface area contributed by atoms with Gasteiger partial charge < -0.3 is 5.32 Å². The van der Waals surface area contributed by atoms with Crippen molar-refractivity contribution in [2.24, 2.45) is 5.92 Å². The summed E-state index contributed by atoms with van der Waals surface area (Å²) in [6, 6.07) is 14.3. The van der Waals surface area contributed by atoms with Gasteiger partial charge in [-0.2, -0.15) is 4.31 Å². The second-order valence-electron chi connectivity index (χ2n) is 8.03. The molecular formula is C25H28N2O2S. The van der Waals surface area contributed by atoms with E-state index in [0.717, 1.165) is 17.7 Å². The monoisotopic (exact) mass is 420 g/mol. The van der Waals surface area contributed by atoms with E-state index in [1.54, 1.807) is 18.2 Å². The molecule has 3 atom stereocenters. The van der Waals surface area contributed by atoms with Gasteiger partial charge in [0.05, 0.1) is 10.9 Å². The third kappa shape index (κ3) is 3.64. The lowest BCUT2D eigenvalue weighted by Crippen LogP contribution is -2.32. The molecule has 4 rings (SSSR count). The number of hydrogen-bond donors (Lipinski definition) is 1. The molecule has 0 amide bonds. The molecule has 30 heavy (non-hydrogen) atoms. The maximum Gasteiger partial charge on any atom is 0.243 e. The summed E-state index contributed by atoms with van der Waals surface area (Å²) in [6.45, 7) is 9.98. The SMILES string of the molecule is C=CCN(CC=C)S(=O)(=O)c1ccc2c(c1)C1C=CCC1C(c1ccc(C)cc1)N2. The number of hydrogen-bond acceptors (Lipinski definition) is 3. The zero-order valence-corrected chi connectivity index (χ0v) is 18.1. The van der Waals surface area contributed by atoms with Crippen molar-refractivity contribution in [2.75, 3.05) is 18.4 Å². The van der Waals surface area contributed by atoms with Gasteiger partial charge in [-0.05, 0) is 48.6 Å². The van der Waals surface area contributed by atoms with Crippen LogP contribution in [0.1, 0.15) is 35.1 Å². The van der Waals surface area contributed by atoms with Crippen molar-refractivity contribution in [3.05, 3.63) is 96.6 Å². The van der Waals surface area contributed by atoms with E-state index in [-0.39, 0.29) is 25.0 Å². The predicted octanol–water partition coefficient (Wildman–Crippen LogP) is 5.18. The number of allylic oxidation sites excluding steroid dienone is 2. The zero-order valence-electron chi connectivity index (χ0n) is 17.3. The molecule has 1 heterocycles. The Morgan fingerprint density at radius 3 is 2.47 bits per heavy atom. The summed E-state index contributed by atoms with van der Waals surface area (Å²) >= 11 is 0. The highest BCUT2D eigenvalue weighted by Crippen LogP contribution is 2.50. The van der Waals surface area contributed by atoms with Crippen LogP contribution in [0.15, 0.2) is 84.8 Å². The molecule has 0 saturated carbocycles. The van der Waals surface area contributed by atoms with E-state index in [0.29, 0.717) is 10.8 Å². The smallest absolute Gasteiger partial charge is 0.243 e. The highest BCUT2D eigenvalue weighted by molar-refractivity contribution is 7.89. The van der Waals surface area contributed by atoms with Crippen molar-refractivity contribution in [3.8, 4) is 0 Å². The van der Waals surface area contributed by atoms with Gasteiger partial charge in [0.25, 0.3) is 0 Å². The predicted molar refractivity (Wildman–Crippen MR) is 123 cm³/mol. The molecule has 156 valence electrons. The van der Waals surface area contributed by atoms with Gasteiger partial charge in [0, 0.05) is 24.7 Å². The molecule has 0 aromatic heterocycles. The lowest BCUT2D eigenvalue weighted by molar-refractivity contribution is 0.424. The number of benzene rings is 2. The Morgan fingerprint density at radius 2 is 1.80 bits per heavy atom. The van der Waals surface area contributed by atoms with Gasteiger partial charge in [-0.3, -0.25) is 0 Å². The Labute approximate surface area is 179 Å². The molecule has 4 nitrogen and oxygen atoms in total. The van der Waals surface area contributed by atoms with Crippen molar-refractivity contribution < 1.29 is 8.42 Å². The minimum atomic E-state index is -3.62. The molecule has 1 aliphatic heterocycles. The number of anilines is 1. The lowest BCUT2D eigenvalue weighted by atomic mass is 9.77. The second-order valence-corrected chi connectivity index (χ2v) is 9.97. The Kier molecular flexibility index (Phi) is 5.67. The summed E-state index contributed by atoms with van der Waals surface area (Å²) in [5.41, 5.74) is 4.57. The second kappa shape index (κ2) is 8.25. The standard InChI is InChI=1S/C25H28N2O2S/c1-4-15-27(16-5-2)30(28,29)20-13-14-24-23(17-20)21-7-6-8-22(21)25(26-24)19-11-9-18(3)10-12-19/h4-7,9-14,17,21-22,25-26H,1-2,8,15-16H2,3H3. The van der Waals surface area contributed by atoms with Crippen LogP contribution in [0.2, 0.25) is 0 Å². The van der Waals surface area contributed by atoms with Crippen molar-refractivity contribution >= 4 is 15.7 Å². The number of fused-ring (bicyclic) bond motifs is 3. The number of rotatable bonds is 7. The van der Waals surface area contributed by atoms with Crippen LogP contribution in [-0.4, -0.2) is 25.8 Å². The first-order valence-corrected chi connectivity index (χ1v) is 11.8. The maximum atomic E-state index is 13.2. The largest absolute Gasteiger partial charge is 0.378 e. The van der Waals surface area contributed by atoms with E-state index >= 15 is 0 Å². The van der Waals surface area contributed by atoms with Crippen molar-refractivity contribution in [2.45, 2.75) is 30.2 Å². The van der Waals surface area contributed by atoms with Crippen LogP contribution >= 0.6 is 0 Å². The maximum absolute atomic E-state index is 13.2. The van der Waals surface area contributed by atoms with Crippen LogP contribution in [0.5, 0.6) is 0 Å². The fraction of sp³-hybridized carbons (Fsp3) is 0.280. The Balaban J connectivity index is 1.72. The number of aryl methyl sites for hydroxylation is 1. The van der Waals surface area contributed by atoms with Crippen molar-refractivity contribution in [1.82, 2.24) is 4.31 Å². The Bertz CT molecular complexity index is 1080. The molecule has 1 aliphatic carbocycles. The number of nitrogens with zero attached hydrogens (tertiary/aromatic N) is 1. The van der Waals surface area contributed by atoms with Crippen molar-refractivity contribution in [3.63, 3.8) is 0 Å². The van der Waals surface area contributed by atoms with Gasteiger partial charge in [-0.1, -0.05) is 54.1 Å². The van der Waals surface area contributed by atoms with Crippen LogP contribution in [-0.2, 0) is 10.0 Å². The zero-order chi connectivity index (χ0) is 21.3. The summed E-state index contributed by atoms with van der Waals surface area (Å²) in [5.74, 6) is 0.575. The fourth-order valence-corrected chi connectivity index (χ4v) is 5.96. The van der Waals surface area contributed by atoms with Crippen LogP contribution in [0.25, 0.3) is 0 Å². The molecule has 5 heteroatoms. The van der Waals surface area contributed by atoms with Gasteiger partial charge >= 0.3 is 0 Å². The summed E-state index contributed by atoms with van der Waals surface area (Å²) < 4.78 is 27.8. The third-order valence-electron chi connectivity index (χ3n) is 6.07. The minimum Gasteiger partial charge on any atom is -0.378 e. The van der Waals surface area contributed by atoms with E-state index in [1.165, 1.54) is 15.4 Å². The molecule has 0 fully saturated rings. The quantitative estimate of drug-likeness (QED) is 0.628. The molecule has 2 aromatic rings. The van der Waals surface area contributed by atoms with E-state index < -0.39 is 10.0 Å². The molecule has 0 bridgehead atoms. The molecule has 2 aromatic carbocycles. The fourth-order valence-electron chi connectivity index (χ4n) is 4.54. The highest BCUT2D eigenvalue weighted by atomic mass is 32.2. The average molecular weight is 421 g/mol. The summed E-state index contributed by atoms with van der Waals surface area (Å²) in [5, 5.41) is 3.68. The van der Waals surface area contributed by atoms with Crippen molar-refractivity contribution in [1.29, 1.82) is 0 Å². The van der Waals surface area contributed by atoms with Crippen LogP contribution in [0, 0.1) is 12.8 Å². The van der Waals surface area contributed by atoms with E-state index in [9.17, 15) is 8.42 Å².